The molecule has 1 aliphatic carbocycles. The van der Waals surface area contributed by atoms with Gasteiger partial charge in [0.05, 0.1) is 5.69 Å². The van der Waals surface area contributed by atoms with E-state index >= 15 is 0 Å². The van der Waals surface area contributed by atoms with Gasteiger partial charge >= 0.3 is 0 Å². The van der Waals surface area contributed by atoms with E-state index in [-0.39, 0.29) is 5.91 Å². The maximum absolute atomic E-state index is 13.3. The maximum atomic E-state index is 13.3. The molecule has 0 radical (unpaired) electrons. The van der Waals surface area contributed by atoms with Gasteiger partial charge in [0.2, 0.25) is 5.91 Å². The lowest BCUT2D eigenvalue weighted by Crippen LogP contribution is -2.44. The molecule has 5 nitrogen and oxygen atoms in total. The van der Waals surface area contributed by atoms with E-state index in [0.717, 1.165) is 60.5 Å². The van der Waals surface area contributed by atoms with Crippen molar-refractivity contribution < 1.29 is 4.79 Å². The molecular formula is C25H32N4O. The van der Waals surface area contributed by atoms with E-state index in [2.05, 4.69) is 48.1 Å². The third-order valence-corrected chi connectivity index (χ3v) is 6.42. The third-order valence-electron chi connectivity index (χ3n) is 6.42. The number of hydrogen-bond donors (Lipinski definition) is 0. The van der Waals surface area contributed by atoms with Crippen LogP contribution in [-0.4, -0.2) is 38.0 Å². The molecule has 2 aromatic heterocycles. The highest BCUT2D eigenvalue weighted by Crippen LogP contribution is 2.26. The fourth-order valence-corrected chi connectivity index (χ4v) is 4.87. The van der Waals surface area contributed by atoms with E-state index in [1.54, 1.807) is 0 Å². The van der Waals surface area contributed by atoms with Crippen LogP contribution in [-0.2, 0) is 24.1 Å². The van der Waals surface area contributed by atoms with Gasteiger partial charge in [-0.15, -0.1) is 0 Å². The fraction of sp³-hybridized carbons (Fsp3) is 0.480. The molecule has 3 aromatic rings. The van der Waals surface area contributed by atoms with Gasteiger partial charge in [0.1, 0.15) is 0 Å². The van der Waals surface area contributed by atoms with E-state index in [4.69, 9.17) is 4.98 Å². The van der Waals surface area contributed by atoms with Crippen LogP contribution in [0.5, 0.6) is 0 Å². The van der Waals surface area contributed by atoms with Gasteiger partial charge in [-0.05, 0) is 69.6 Å². The molecule has 30 heavy (non-hydrogen) atoms. The summed E-state index contributed by atoms with van der Waals surface area (Å²) in [7, 11) is 0. The molecular weight excluding hydrogens is 372 g/mol. The van der Waals surface area contributed by atoms with Crippen molar-refractivity contribution in [1.29, 1.82) is 0 Å². The van der Waals surface area contributed by atoms with Gasteiger partial charge in [-0.2, -0.15) is 5.10 Å². The molecule has 1 aliphatic rings. The summed E-state index contributed by atoms with van der Waals surface area (Å²) in [6.07, 6.45) is 5.31. The standard InChI is InChI=1S/C25H32N4O/c1-5-14-28(22-11-10-20-8-6-7-9-21(20)16-22)25(30)13-12-23-18(3)26-24-15-17(2)27-29(24)19(23)4/h6-9,15,22H,5,10-14,16H2,1-4H3. The molecule has 2 heterocycles. The smallest absolute Gasteiger partial charge is 0.223 e. The molecule has 5 heteroatoms. The number of aromatic nitrogens is 3. The number of aryl methyl sites for hydroxylation is 4. The minimum absolute atomic E-state index is 0.261. The number of benzene rings is 1. The summed E-state index contributed by atoms with van der Waals surface area (Å²) in [5.41, 5.74) is 7.92. The predicted molar refractivity (Wildman–Crippen MR) is 120 cm³/mol. The van der Waals surface area contributed by atoms with Crippen molar-refractivity contribution in [3.63, 3.8) is 0 Å². The van der Waals surface area contributed by atoms with Crippen LogP contribution in [0, 0.1) is 20.8 Å². The Morgan fingerprint density at radius 3 is 2.73 bits per heavy atom. The summed E-state index contributed by atoms with van der Waals surface area (Å²) in [6, 6.07) is 11.0. The summed E-state index contributed by atoms with van der Waals surface area (Å²) in [6.45, 7) is 9.09. The molecule has 1 unspecified atom stereocenters. The number of rotatable bonds is 6. The highest BCUT2D eigenvalue weighted by Gasteiger charge is 2.27. The van der Waals surface area contributed by atoms with Crippen molar-refractivity contribution in [2.24, 2.45) is 0 Å². The number of hydrogen-bond acceptors (Lipinski definition) is 3. The molecule has 0 fully saturated rings. The first-order valence-electron chi connectivity index (χ1n) is 11.2. The number of carbonyl (C=O) groups is 1. The van der Waals surface area contributed by atoms with Crippen molar-refractivity contribution in [1.82, 2.24) is 19.5 Å². The number of fused-ring (bicyclic) bond motifs is 2. The zero-order valence-electron chi connectivity index (χ0n) is 18.6. The van der Waals surface area contributed by atoms with Crippen LogP contribution in [0.25, 0.3) is 5.65 Å². The summed E-state index contributed by atoms with van der Waals surface area (Å²) in [5.74, 6) is 0.261. The Balaban J connectivity index is 1.50. The van der Waals surface area contributed by atoms with Crippen molar-refractivity contribution in [3.8, 4) is 0 Å². The Morgan fingerprint density at radius 2 is 1.97 bits per heavy atom. The average molecular weight is 405 g/mol. The Hall–Kier alpha value is -2.69. The SMILES string of the molecule is CCCN(C(=O)CCc1c(C)nc2cc(C)nn2c1C)C1CCc2ccccc2C1. The number of nitrogens with zero attached hydrogens (tertiary/aromatic N) is 4. The van der Waals surface area contributed by atoms with Crippen LogP contribution >= 0.6 is 0 Å². The lowest BCUT2D eigenvalue weighted by Gasteiger charge is -2.35. The first-order valence-corrected chi connectivity index (χ1v) is 11.2. The second-order valence-electron chi connectivity index (χ2n) is 8.57. The molecule has 4 rings (SSSR count). The largest absolute Gasteiger partial charge is 0.339 e. The van der Waals surface area contributed by atoms with Crippen molar-refractivity contribution in [2.45, 2.75) is 72.3 Å². The predicted octanol–water partition coefficient (Wildman–Crippen LogP) is 4.38. The minimum Gasteiger partial charge on any atom is -0.339 e. The van der Waals surface area contributed by atoms with E-state index in [9.17, 15) is 4.79 Å². The van der Waals surface area contributed by atoms with Gasteiger partial charge < -0.3 is 4.90 Å². The summed E-state index contributed by atoms with van der Waals surface area (Å²) in [5, 5.41) is 4.56. The first kappa shape index (κ1) is 20.6. The van der Waals surface area contributed by atoms with Gasteiger partial charge in [0, 0.05) is 36.5 Å². The van der Waals surface area contributed by atoms with Crippen LogP contribution in [0.2, 0.25) is 0 Å². The molecule has 0 saturated carbocycles. The van der Waals surface area contributed by atoms with Crippen LogP contribution < -0.4 is 0 Å². The van der Waals surface area contributed by atoms with Gasteiger partial charge in [-0.25, -0.2) is 9.50 Å². The van der Waals surface area contributed by atoms with Crippen molar-refractivity contribution in [2.75, 3.05) is 6.54 Å². The zero-order chi connectivity index (χ0) is 21.3. The van der Waals surface area contributed by atoms with Gasteiger partial charge in [0.25, 0.3) is 0 Å². The van der Waals surface area contributed by atoms with E-state index in [1.807, 2.05) is 24.4 Å². The van der Waals surface area contributed by atoms with Crippen molar-refractivity contribution >= 4 is 11.6 Å². The third kappa shape index (κ3) is 3.98. The normalized spacial score (nSPS) is 15.9. The molecule has 0 N–H and O–H groups in total. The van der Waals surface area contributed by atoms with E-state index in [0.29, 0.717) is 18.9 Å². The quantitative estimate of drug-likeness (QED) is 0.612. The second kappa shape index (κ2) is 8.58. The number of amides is 1. The van der Waals surface area contributed by atoms with Gasteiger partial charge in [-0.1, -0.05) is 31.2 Å². The molecule has 0 saturated heterocycles. The molecule has 0 spiro atoms. The maximum Gasteiger partial charge on any atom is 0.223 e. The summed E-state index contributed by atoms with van der Waals surface area (Å²) >= 11 is 0. The Bertz CT molecular complexity index is 1070. The molecule has 1 atom stereocenters. The monoisotopic (exact) mass is 404 g/mol. The number of carbonyl (C=O) groups excluding carboxylic acids is 1. The van der Waals surface area contributed by atoms with Crippen LogP contribution in [0.15, 0.2) is 30.3 Å². The molecule has 0 bridgehead atoms. The van der Waals surface area contributed by atoms with Crippen LogP contribution in [0.1, 0.15) is 60.0 Å². The van der Waals surface area contributed by atoms with E-state index < -0.39 is 0 Å². The Labute approximate surface area is 179 Å². The summed E-state index contributed by atoms with van der Waals surface area (Å²) < 4.78 is 1.91. The average Bonchev–Trinajstić information content (AvgIpc) is 3.11. The van der Waals surface area contributed by atoms with E-state index in [1.165, 1.54) is 11.1 Å². The molecule has 1 aromatic carbocycles. The van der Waals surface area contributed by atoms with Crippen LogP contribution in [0.3, 0.4) is 0 Å². The lowest BCUT2D eigenvalue weighted by molar-refractivity contribution is -0.133. The Morgan fingerprint density at radius 1 is 1.20 bits per heavy atom. The van der Waals surface area contributed by atoms with Gasteiger partial charge in [0.15, 0.2) is 5.65 Å². The van der Waals surface area contributed by atoms with Crippen molar-refractivity contribution in [3.05, 3.63) is 64.1 Å². The summed E-state index contributed by atoms with van der Waals surface area (Å²) in [4.78, 5) is 20.1. The molecule has 0 aliphatic heterocycles. The highest BCUT2D eigenvalue weighted by atomic mass is 16.2. The fourth-order valence-electron chi connectivity index (χ4n) is 4.87. The Kier molecular flexibility index (Phi) is 5.89. The van der Waals surface area contributed by atoms with Gasteiger partial charge in [-0.3, -0.25) is 4.79 Å². The zero-order valence-corrected chi connectivity index (χ0v) is 18.6. The van der Waals surface area contributed by atoms with Crippen LogP contribution in [0.4, 0.5) is 0 Å². The minimum atomic E-state index is 0.261. The molecule has 158 valence electrons. The topological polar surface area (TPSA) is 50.5 Å². The second-order valence-corrected chi connectivity index (χ2v) is 8.57. The lowest BCUT2D eigenvalue weighted by atomic mass is 9.87. The first-order chi connectivity index (χ1) is 14.5. The highest BCUT2D eigenvalue weighted by molar-refractivity contribution is 5.77. The molecule has 1 amide bonds.